The van der Waals surface area contributed by atoms with E-state index in [1.807, 2.05) is 12.1 Å². The number of benzene rings is 2. The molecule has 96 valence electrons. The summed E-state index contributed by atoms with van der Waals surface area (Å²) in [5.74, 6) is 0. The minimum atomic E-state index is -3.41. The van der Waals surface area contributed by atoms with Crippen molar-refractivity contribution in [2.75, 3.05) is 0 Å². The molecule has 3 rings (SSSR count). The Kier molecular flexibility index (Phi) is 2.77. The standard InChI is InChI=1S/C16H14BF2/c1-17(18,19)16-8-6-12(7-9-16)15-10-13-4-2-3-5-14(13)11-15/h2-10H,11H2,1H3/q-1. The van der Waals surface area contributed by atoms with Crippen molar-refractivity contribution >= 4 is 23.8 Å². The Morgan fingerprint density at radius 2 is 1.63 bits per heavy atom. The summed E-state index contributed by atoms with van der Waals surface area (Å²) < 4.78 is 26.5. The molecule has 3 heteroatoms. The Bertz CT molecular complexity index is 637. The average molecular weight is 255 g/mol. The molecule has 0 aliphatic heterocycles. The summed E-state index contributed by atoms with van der Waals surface area (Å²) in [4.78, 5) is 0. The van der Waals surface area contributed by atoms with Crippen LogP contribution in [0.5, 0.6) is 0 Å². The Morgan fingerprint density at radius 3 is 2.26 bits per heavy atom. The number of halogens is 2. The average Bonchev–Trinajstić information content (AvgIpc) is 2.81. The molecular weight excluding hydrogens is 241 g/mol. The third-order valence-corrected chi connectivity index (χ3v) is 3.63. The van der Waals surface area contributed by atoms with Gasteiger partial charge in [-0.25, -0.2) is 0 Å². The number of fused-ring (bicyclic) bond motifs is 1. The first kappa shape index (κ1) is 12.2. The van der Waals surface area contributed by atoms with Crippen molar-refractivity contribution in [1.82, 2.24) is 0 Å². The second-order valence-corrected chi connectivity index (χ2v) is 5.19. The van der Waals surface area contributed by atoms with Gasteiger partial charge in [0, 0.05) is 0 Å². The van der Waals surface area contributed by atoms with Gasteiger partial charge in [0.2, 0.25) is 0 Å². The topological polar surface area (TPSA) is 0 Å². The highest BCUT2D eigenvalue weighted by atomic mass is 19.2. The first-order valence-electron chi connectivity index (χ1n) is 6.49. The van der Waals surface area contributed by atoms with Crippen LogP contribution < -0.4 is 5.46 Å². The monoisotopic (exact) mass is 255 g/mol. The summed E-state index contributed by atoms with van der Waals surface area (Å²) in [6, 6.07) is 14.9. The minimum absolute atomic E-state index is 0.125. The highest BCUT2D eigenvalue weighted by molar-refractivity contribution is 6.78. The quantitative estimate of drug-likeness (QED) is 0.711. The Morgan fingerprint density at radius 1 is 0.947 bits per heavy atom. The fourth-order valence-corrected chi connectivity index (χ4v) is 2.50. The second kappa shape index (κ2) is 4.34. The fraction of sp³-hybridized carbons (Fsp3) is 0.125. The Hall–Kier alpha value is -1.90. The van der Waals surface area contributed by atoms with Crippen molar-refractivity contribution in [3.05, 3.63) is 65.2 Å². The molecule has 0 bridgehead atoms. The lowest BCUT2D eigenvalue weighted by Gasteiger charge is -2.18. The summed E-state index contributed by atoms with van der Waals surface area (Å²) in [6.45, 7) is -2.42. The van der Waals surface area contributed by atoms with Crippen LogP contribution in [0.2, 0.25) is 6.82 Å². The molecule has 0 saturated carbocycles. The summed E-state index contributed by atoms with van der Waals surface area (Å²) in [7, 11) is 0. The van der Waals surface area contributed by atoms with Gasteiger partial charge < -0.3 is 8.63 Å². The van der Waals surface area contributed by atoms with E-state index in [2.05, 4.69) is 18.2 Å². The molecule has 0 saturated heterocycles. The predicted molar refractivity (Wildman–Crippen MR) is 77.9 cm³/mol. The van der Waals surface area contributed by atoms with E-state index < -0.39 is 6.70 Å². The van der Waals surface area contributed by atoms with Gasteiger partial charge in [-0.2, -0.15) is 0 Å². The first-order chi connectivity index (χ1) is 9.04. The largest absolute Gasteiger partial charge is 0.473 e. The molecule has 0 aromatic heterocycles. The first-order valence-corrected chi connectivity index (χ1v) is 6.49. The van der Waals surface area contributed by atoms with E-state index in [1.165, 1.54) is 16.7 Å². The van der Waals surface area contributed by atoms with E-state index >= 15 is 0 Å². The SMILES string of the molecule is C[B-](F)(F)c1ccc(C2=Cc3ccccc3C2)cc1. The number of hydrogen-bond donors (Lipinski definition) is 0. The van der Waals surface area contributed by atoms with Crippen molar-refractivity contribution in [3.63, 3.8) is 0 Å². The van der Waals surface area contributed by atoms with Crippen LogP contribution >= 0.6 is 0 Å². The smallest absolute Gasteiger partial charge is 0.330 e. The molecule has 0 spiro atoms. The lowest BCUT2D eigenvalue weighted by atomic mass is 9.61. The molecule has 0 heterocycles. The van der Waals surface area contributed by atoms with Gasteiger partial charge in [-0.15, -0.1) is 12.3 Å². The Balaban J connectivity index is 1.90. The molecule has 0 N–H and O–H groups in total. The highest BCUT2D eigenvalue weighted by Gasteiger charge is 2.19. The second-order valence-electron chi connectivity index (χ2n) is 5.19. The normalized spacial score (nSPS) is 14.2. The third kappa shape index (κ3) is 2.33. The van der Waals surface area contributed by atoms with E-state index in [9.17, 15) is 8.63 Å². The fourth-order valence-electron chi connectivity index (χ4n) is 2.50. The van der Waals surface area contributed by atoms with E-state index in [0.717, 1.165) is 18.8 Å². The molecule has 1 aliphatic rings. The van der Waals surface area contributed by atoms with Crippen LogP contribution in [0.25, 0.3) is 11.6 Å². The number of rotatable bonds is 2. The summed E-state index contributed by atoms with van der Waals surface area (Å²) in [6.07, 6.45) is 3.02. The maximum absolute atomic E-state index is 13.2. The molecule has 0 unspecified atom stereocenters. The lowest BCUT2D eigenvalue weighted by molar-refractivity contribution is 0.642. The zero-order valence-corrected chi connectivity index (χ0v) is 10.7. The molecule has 0 radical (unpaired) electrons. The van der Waals surface area contributed by atoms with Crippen molar-refractivity contribution in [2.45, 2.75) is 13.2 Å². The molecule has 0 amide bonds. The minimum Gasteiger partial charge on any atom is -0.473 e. The molecule has 2 aromatic rings. The van der Waals surface area contributed by atoms with Crippen LogP contribution in [0.1, 0.15) is 16.7 Å². The maximum atomic E-state index is 13.2. The van der Waals surface area contributed by atoms with Gasteiger partial charge in [0.1, 0.15) is 0 Å². The molecular formula is C16H14BF2-. The van der Waals surface area contributed by atoms with Gasteiger partial charge >= 0.3 is 6.70 Å². The summed E-state index contributed by atoms with van der Waals surface area (Å²) >= 11 is 0. The van der Waals surface area contributed by atoms with Gasteiger partial charge in [0.05, 0.1) is 0 Å². The van der Waals surface area contributed by atoms with Gasteiger partial charge in [-0.1, -0.05) is 54.6 Å². The van der Waals surface area contributed by atoms with Crippen LogP contribution in [0.4, 0.5) is 8.63 Å². The Labute approximate surface area is 111 Å². The summed E-state index contributed by atoms with van der Waals surface area (Å²) in [5.41, 5.74) is 4.87. The molecule has 0 fully saturated rings. The molecule has 1 aliphatic carbocycles. The predicted octanol–water partition coefficient (Wildman–Crippen LogP) is 4.00. The summed E-state index contributed by atoms with van der Waals surface area (Å²) in [5, 5.41) is 0. The molecule has 0 nitrogen and oxygen atoms in total. The lowest BCUT2D eigenvalue weighted by Crippen LogP contribution is -2.34. The number of allylic oxidation sites excluding steroid dienone is 1. The van der Waals surface area contributed by atoms with Crippen LogP contribution in [0.3, 0.4) is 0 Å². The van der Waals surface area contributed by atoms with Crippen LogP contribution in [-0.2, 0) is 6.42 Å². The van der Waals surface area contributed by atoms with Gasteiger partial charge in [0.15, 0.2) is 0 Å². The van der Waals surface area contributed by atoms with Crippen molar-refractivity contribution in [1.29, 1.82) is 0 Å². The van der Waals surface area contributed by atoms with Crippen LogP contribution in [0.15, 0.2) is 48.5 Å². The van der Waals surface area contributed by atoms with Gasteiger partial charge in [-0.05, 0) is 28.7 Å². The van der Waals surface area contributed by atoms with Crippen molar-refractivity contribution in [2.24, 2.45) is 0 Å². The molecule has 19 heavy (non-hydrogen) atoms. The zero-order chi connectivity index (χ0) is 13.5. The molecule has 0 atom stereocenters. The van der Waals surface area contributed by atoms with E-state index in [4.69, 9.17) is 0 Å². The highest BCUT2D eigenvalue weighted by Crippen LogP contribution is 2.31. The number of hydrogen-bond acceptors (Lipinski definition) is 0. The third-order valence-electron chi connectivity index (χ3n) is 3.63. The van der Waals surface area contributed by atoms with Crippen LogP contribution in [-0.4, -0.2) is 6.70 Å². The van der Waals surface area contributed by atoms with E-state index in [-0.39, 0.29) is 5.46 Å². The zero-order valence-electron chi connectivity index (χ0n) is 10.7. The van der Waals surface area contributed by atoms with E-state index in [1.54, 1.807) is 24.3 Å². The van der Waals surface area contributed by atoms with Gasteiger partial charge in [-0.3, -0.25) is 0 Å². The van der Waals surface area contributed by atoms with Crippen molar-refractivity contribution in [3.8, 4) is 0 Å². The van der Waals surface area contributed by atoms with Crippen molar-refractivity contribution < 1.29 is 8.63 Å². The van der Waals surface area contributed by atoms with E-state index in [0.29, 0.717) is 0 Å². The molecule has 2 aromatic carbocycles. The van der Waals surface area contributed by atoms with Crippen LogP contribution in [0, 0.1) is 0 Å². The van der Waals surface area contributed by atoms with Gasteiger partial charge in [0.25, 0.3) is 0 Å². The maximum Gasteiger partial charge on any atom is 0.330 e.